The Kier molecular flexibility index (Phi) is 4.87. The average molecular weight is 397 g/mol. The van der Waals surface area contributed by atoms with Gasteiger partial charge in [-0.15, -0.1) is 0 Å². The van der Waals surface area contributed by atoms with Gasteiger partial charge in [0, 0.05) is 12.7 Å². The number of nitrogens with zero attached hydrogens (tertiary/aromatic N) is 3. The highest BCUT2D eigenvalue weighted by molar-refractivity contribution is 7.93. The molecular formula is C20H19N3O4S. The summed E-state index contributed by atoms with van der Waals surface area (Å²) in [7, 11) is -3.29. The molecule has 0 bridgehead atoms. The second kappa shape index (κ2) is 7.47. The predicted octanol–water partition coefficient (Wildman–Crippen LogP) is 2.77. The zero-order valence-corrected chi connectivity index (χ0v) is 15.9. The number of carbonyl (C=O) groups is 1. The van der Waals surface area contributed by atoms with E-state index in [1.165, 1.54) is 4.31 Å². The third-order valence-electron chi connectivity index (χ3n) is 4.49. The van der Waals surface area contributed by atoms with Crippen LogP contribution in [0.2, 0.25) is 0 Å². The van der Waals surface area contributed by atoms with E-state index in [1.807, 2.05) is 30.3 Å². The van der Waals surface area contributed by atoms with E-state index < -0.39 is 16.0 Å². The molecule has 0 N–H and O–H groups in total. The van der Waals surface area contributed by atoms with Crippen molar-refractivity contribution < 1.29 is 17.9 Å². The summed E-state index contributed by atoms with van der Waals surface area (Å²) in [5.74, 6) is -0.390. The van der Waals surface area contributed by atoms with Crippen molar-refractivity contribution in [1.29, 1.82) is 0 Å². The molecule has 0 aliphatic carbocycles. The molecule has 1 aliphatic rings. The van der Waals surface area contributed by atoms with Gasteiger partial charge in [-0.1, -0.05) is 24.3 Å². The minimum absolute atomic E-state index is 0.0326. The average Bonchev–Trinajstić information content (AvgIpc) is 3.33. The van der Waals surface area contributed by atoms with Crippen LogP contribution in [0.5, 0.6) is 0 Å². The summed E-state index contributed by atoms with van der Waals surface area (Å²) in [5.41, 5.74) is 2.33. The Morgan fingerprint density at radius 2 is 1.82 bits per heavy atom. The van der Waals surface area contributed by atoms with Crippen LogP contribution in [0.25, 0.3) is 5.69 Å². The van der Waals surface area contributed by atoms with Gasteiger partial charge in [-0.05, 0) is 42.8 Å². The quantitative estimate of drug-likeness (QED) is 0.619. The summed E-state index contributed by atoms with van der Waals surface area (Å²) in [6, 6.07) is 17.9. The van der Waals surface area contributed by atoms with Gasteiger partial charge in [-0.25, -0.2) is 17.9 Å². The third-order valence-corrected chi connectivity index (χ3v) is 6.35. The highest BCUT2D eigenvalue weighted by Gasteiger charge is 2.28. The number of hydrogen-bond donors (Lipinski definition) is 0. The second-order valence-corrected chi connectivity index (χ2v) is 8.47. The van der Waals surface area contributed by atoms with Gasteiger partial charge in [-0.2, -0.15) is 5.10 Å². The summed E-state index contributed by atoms with van der Waals surface area (Å²) in [5, 5.41) is 4.40. The van der Waals surface area contributed by atoms with Crippen LogP contribution in [-0.2, 0) is 21.4 Å². The molecular weight excluding hydrogens is 378 g/mol. The number of para-hydroxylation sites is 1. The highest BCUT2D eigenvalue weighted by atomic mass is 32.2. The van der Waals surface area contributed by atoms with Gasteiger partial charge >= 0.3 is 5.97 Å². The molecule has 1 aromatic heterocycles. The second-order valence-electron chi connectivity index (χ2n) is 6.46. The van der Waals surface area contributed by atoms with E-state index in [2.05, 4.69) is 5.10 Å². The molecule has 28 heavy (non-hydrogen) atoms. The zero-order chi connectivity index (χ0) is 19.6. The monoisotopic (exact) mass is 397 g/mol. The first-order chi connectivity index (χ1) is 13.5. The van der Waals surface area contributed by atoms with Crippen molar-refractivity contribution in [1.82, 2.24) is 9.78 Å². The Hall–Kier alpha value is -3.13. The molecule has 0 radical (unpaired) electrons. The van der Waals surface area contributed by atoms with Gasteiger partial charge in [0.25, 0.3) is 0 Å². The summed E-state index contributed by atoms with van der Waals surface area (Å²) in [6.07, 6.45) is 2.39. The molecule has 1 saturated heterocycles. The number of ether oxygens (including phenoxy) is 1. The fourth-order valence-corrected chi connectivity index (χ4v) is 4.66. The number of hydrogen-bond acceptors (Lipinski definition) is 5. The first kappa shape index (κ1) is 18.2. The van der Waals surface area contributed by atoms with Crippen LogP contribution in [0.1, 0.15) is 22.5 Å². The topological polar surface area (TPSA) is 81.5 Å². The summed E-state index contributed by atoms with van der Waals surface area (Å²) >= 11 is 0. The van der Waals surface area contributed by atoms with Crippen LogP contribution in [0, 0.1) is 0 Å². The molecule has 144 valence electrons. The standard InChI is InChI=1S/C20H19N3O4S/c24-20(16-6-4-9-19(14-16)23-11-5-13-28(23,25)26)27-15-17-10-12-22(21-17)18-7-2-1-3-8-18/h1-4,6-10,12,14H,5,11,13,15H2. The minimum atomic E-state index is -3.29. The first-order valence-electron chi connectivity index (χ1n) is 8.90. The maximum absolute atomic E-state index is 12.4. The molecule has 0 saturated carbocycles. The Bertz CT molecular complexity index is 1090. The van der Waals surface area contributed by atoms with Gasteiger partial charge in [0.05, 0.1) is 22.7 Å². The van der Waals surface area contributed by atoms with Gasteiger partial charge in [-0.3, -0.25) is 4.31 Å². The van der Waals surface area contributed by atoms with E-state index in [0.717, 1.165) is 5.69 Å². The molecule has 0 spiro atoms. The molecule has 2 heterocycles. The highest BCUT2D eigenvalue weighted by Crippen LogP contribution is 2.25. The minimum Gasteiger partial charge on any atom is -0.456 e. The van der Waals surface area contributed by atoms with Gasteiger partial charge in [0.2, 0.25) is 10.0 Å². The smallest absolute Gasteiger partial charge is 0.338 e. The van der Waals surface area contributed by atoms with Crippen molar-refractivity contribution >= 4 is 21.7 Å². The van der Waals surface area contributed by atoms with Gasteiger partial charge < -0.3 is 4.74 Å². The van der Waals surface area contributed by atoms with E-state index in [-0.39, 0.29) is 12.4 Å². The van der Waals surface area contributed by atoms with Crippen molar-refractivity contribution in [3.05, 3.63) is 78.1 Å². The van der Waals surface area contributed by atoms with E-state index in [4.69, 9.17) is 4.74 Å². The molecule has 1 fully saturated rings. The van der Waals surface area contributed by atoms with Crippen molar-refractivity contribution in [2.45, 2.75) is 13.0 Å². The number of rotatable bonds is 5. The normalized spacial score (nSPS) is 15.5. The Morgan fingerprint density at radius 3 is 2.57 bits per heavy atom. The number of sulfonamides is 1. The van der Waals surface area contributed by atoms with Crippen molar-refractivity contribution in [2.24, 2.45) is 0 Å². The molecule has 4 rings (SSSR count). The van der Waals surface area contributed by atoms with Crippen LogP contribution in [0.15, 0.2) is 66.9 Å². The van der Waals surface area contributed by atoms with E-state index in [9.17, 15) is 13.2 Å². The summed E-state index contributed by atoms with van der Waals surface area (Å²) in [6.45, 7) is 0.461. The van der Waals surface area contributed by atoms with E-state index in [1.54, 1.807) is 41.2 Å². The Morgan fingerprint density at radius 1 is 1.04 bits per heavy atom. The van der Waals surface area contributed by atoms with Gasteiger partial charge in [0.15, 0.2) is 0 Å². The summed E-state index contributed by atoms with van der Waals surface area (Å²) < 4.78 is 32.5. The van der Waals surface area contributed by atoms with Gasteiger partial charge in [0.1, 0.15) is 12.3 Å². The molecule has 8 heteroatoms. The molecule has 0 atom stereocenters. The van der Waals surface area contributed by atoms with Crippen molar-refractivity contribution in [3.63, 3.8) is 0 Å². The van der Waals surface area contributed by atoms with Crippen molar-refractivity contribution in [2.75, 3.05) is 16.6 Å². The Balaban J connectivity index is 1.43. The first-order valence-corrected chi connectivity index (χ1v) is 10.5. The number of anilines is 1. The lowest BCUT2D eigenvalue weighted by Gasteiger charge is -2.17. The third kappa shape index (κ3) is 3.77. The lowest BCUT2D eigenvalue weighted by Crippen LogP contribution is -2.25. The van der Waals surface area contributed by atoms with Crippen LogP contribution >= 0.6 is 0 Å². The van der Waals surface area contributed by atoms with Crippen LogP contribution < -0.4 is 4.31 Å². The number of aromatic nitrogens is 2. The number of benzene rings is 2. The predicted molar refractivity (Wildman–Crippen MR) is 105 cm³/mol. The molecule has 3 aromatic rings. The number of esters is 1. The SMILES string of the molecule is O=C(OCc1ccn(-c2ccccc2)n1)c1cccc(N2CCCS2(=O)=O)c1. The van der Waals surface area contributed by atoms with E-state index >= 15 is 0 Å². The largest absolute Gasteiger partial charge is 0.456 e. The fraction of sp³-hybridized carbons (Fsp3) is 0.200. The molecule has 1 aliphatic heterocycles. The molecule has 0 amide bonds. The van der Waals surface area contributed by atoms with Crippen LogP contribution in [0.4, 0.5) is 5.69 Å². The lowest BCUT2D eigenvalue weighted by molar-refractivity contribution is 0.0467. The van der Waals surface area contributed by atoms with E-state index in [0.29, 0.717) is 29.9 Å². The Labute approximate surface area is 163 Å². The molecule has 2 aromatic carbocycles. The van der Waals surface area contributed by atoms with Crippen LogP contribution in [0.3, 0.4) is 0 Å². The number of carbonyl (C=O) groups excluding carboxylic acids is 1. The lowest BCUT2D eigenvalue weighted by atomic mass is 10.2. The maximum atomic E-state index is 12.4. The molecule has 0 unspecified atom stereocenters. The summed E-state index contributed by atoms with van der Waals surface area (Å²) in [4.78, 5) is 12.4. The fourth-order valence-electron chi connectivity index (χ4n) is 3.10. The maximum Gasteiger partial charge on any atom is 0.338 e. The van der Waals surface area contributed by atoms with Crippen molar-refractivity contribution in [3.8, 4) is 5.69 Å². The zero-order valence-electron chi connectivity index (χ0n) is 15.1. The van der Waals surface area contributed by atoms with Crippen LogP contribution in [-0.4, -0.2) is 36.5 Å². The molecule has 7 nitrogen and oxygen atoms in total.